The number of nitrogens with zero attached hydrogens (tertiary/aromatic N) is 3. The van der Waals surface area contributed by atoms with E-state index in [4.69, 9.17) is 11.6 Å². The third-order valence-corrected chi connectivity index (χ3v) is 5.55. The van der Waals surface area contributed by atoms with Crippen molar-refractivity contribution in [1.29, 1.82) is 0 Å². The molecule has 152 valence electrons. The van der Waals surface area contributed by atoms with Crippen molar-refractivity contribution in [2.24, 2.45) is 5.92 Å². The summed E-state index contributed by atoms with van der Waals surface area (Å²) in [6.07, 6.45) is 2.54. The van der Waals surface area contributed by atoms with Crippen LogP contribution in [0.1, 0.15) is 26.0 Å². The van der Waals surface area contributed by atoms with Crippen LogP contribution in [0.25, 0.3) is 10.9 Å². The van der Waals surface area contributed by atoms with Crippen LogP contribution in [0.2, 0.25) is 5.02 Å². The molecule has 0 fully saturated rings. The molecule has 0 bridgehead atoms. The van der Waals surface area contributed by atoms with Crippen LogP contribution in [0.4, 0.5) is 0 Å². The first-order valence-corrected chi connectivity index (χ1v) is 10.8. The van der Waals surface area contributed by atoms with Crippen LogP contribution in [0.3, 0.4) is 0 Å². The number of aromatic nitrogens is 3. The summed E-state index contributed by atoms with van der Waals surface area (Å²) < 4.78 is 1.66. The molecule has 3 aromatic rings. The Bertz CT molecular complexity index is 1050. The number of nitrogens with one attached hydrogen (secondary N) is 1. The van der Waals surface area contributed by atoms with Gasteiger partial charge in [0.1, 0.15) is 0 Å². The van der Waals surface area contributed by atoms with Crippen LogP contribution in [0.15, 0.2) is 52.5 Å². The zero-order valence-corrected chi connectivity index (χ0v) is 18.0. The standard InChI is InChI=1S/C21H23ClN4O2S/c1-14(2)8-10-26-20(28)17-7-6-15(22)11-18(17)25-21(26)29-13-19(27)24-12-16-5-3-4-9-23-16/h3-7,9,11,14H,8,10,12-13H2,1-2H3,(H,24,27). The minimum atomic E-state index is -0.142. The van der Waals surface area contributed by atoms with Crippen LogP contribution in [-0.2, 0) is 17.9 Å². The van der Waals surface area contributed by atoms with Crippen molar-refractivity contribution < 1.29 is 4.79 Å². The lowest BCUT2D eigenvalue weighted by Gasteiger charge is -2.14. The van der Waals surface area contributed by atoms with E-state index in [1.165, 1.54) is 11.8 Å². The van der Waals surface area contributed by atoms with Gasteiger partial charge in [-0.05, 0) is 42.7 Å². The van der Waals surface area contributed by atoms with Gasteiger partial charge in [0.2, 0.25) is 5.91 Å². The van der Waals surface area contributed by atoms with Gasteiger partial charge in [-0.3, -0.25) is 19.1 Å². The van der Waals surface area contributed by atoms with Crippen LogP contribution in [0, 0.1) is 5.92 Å². The second-order valence-electron chi connectivity index (χ2n) is 7.08. The SMILES string of the molecule is CC(C)CCn1c(SCC(=O)NCc2ccccn2)nc2cc(Cl)ccc2c1=O. The van der Waals surface area contributed by atoms with Gasteiger partial charge in [0.05, 0.1) is 28.9 Å². The molecule has 0 unspecified atom stereocenters. The minimum Gasteiger partial charge on any atom is -0.350 e. The lowest BCUT2D eigenvalue weighted by atomic mass is 10.1. The lowest BCUT2D eigenvalue weighted by molar-refractivity contribution is -0.118. The maximum Gasteiger partial charge on any atom is 0.262 e. The summed E-state index contributed by atoms with van der Waals surface area (Å²) in [7, 11) is 0. The molecule has 8 heteroatoms. The maximum atomic E-state index is 13.0. The van der Waals surface area contributed by atoms with Gasteiger partial charge >= 0.3 is 0 Å². The number of amides is 1. The number of hydrogen-bond acceptors (Lipinski definition) is 5. The van der Waals surface area contributed by atoms with E-state index in [2.05, 4.69) is 29.1 Å². The van der Waals surface area contributed by atoms with E-state index in [-0.39, 0.29) is 17.2 Å². The van der Waals surface area contributed by atoms with Crippen LogP contribution < -0.4 is 10.9 Å². The summed E-state index contributed by atoms with van der Waals surface area (Å²) in [4.78, 5) is 34.1. The second kappa shape index (κ2) is 9.89. The van der Waals surface area contributed by atoms with E-state index in [1.54, 1.807) is 29.0 Å². The number of hydrogen-bond donors (Lipinski definition) is 1. The largest absolute Gasteiger partial charge is 0.350 e. The van der Waals surface area contributed by atoms with Crippen molar-refractivity contribution in [1.82, 2.24) is 19.9 Å². The summed E-state index contributed by atoms with van der Waals surface area (Å²) in [6.45, 7) is 5.13. The Hall–Kier alpha value is -2.38. The lowest BCUT2D eigenvalue weighted by Crippen LogP contribution is -2.27. The molecule has 6 nitrogen and oxygen atoms in total. The molecule has 0 aliphatic carbocycles. The number of rotatable bonds is 8. The molecular weight excluding hydrogens is 408 g/mol. The Labute approximate surface area is 178 Å². The molecule has 1 amide bonds. The van der Waals surface area contributed by atoms with Crippen molar-refractivity contribution in [2.75, 3.05) is 5.75 Å². The zero-order chi connectivity index (χ0) is 20.8. The highest BCUT2D eigenvalue weighted by Gasteiger charge is 2.14. The van der Waals surface area contributed by atoms with E-state index >= 15 is 0 Å². The summed E-state index contributed by atoms with van der Waals surface area (Å²) in [5, 5.41) is 4.42. The van der Waals surface area contributed by atoms with Gasteiger partial charge in [-0.15, -0.1) is 0 Å². The first kappa shape index (κ1) is 21.3. The van der Waals surface area contributed by atoms with Gasteiger partial charge in [-0.2, -0.15) is 0 Å². The third-order valence-electron chi connectivity index (χ3n) is 4.34. The molecule has 2 heterocycles. The Kier molecular flexibility index (Phi) is 7.28. The second-order valence-corrected chi connectivity index (χ2v) is 8.46. The average molecular weight is 431 g/mol. The maximum absolute atomic E-state index is 13.0. The summed E-state index contributed by atoms with van der Waals surface area (Å²) in [5.41, 5.74) is 1.22. The summed E-state index contributed by atoms with van der Waals surface area (Å²) in [6, 6.07) is 10.6. The number of pyridine rings is 1. The number of benzene rings is 1. The Morgan fingerprint density at radius 1 is 1.28 bits per heavy atom. The predicted molar refractivity (Wildman–Crippen MR) is 117 cm³/mol. The van der Waals surface area contributed by atoms with Gasteiger partial charge in [-0.25, -0.2) is 4.98 Å². The van der Waals surface area contributed by atoms with Gasteiger partial charge < -0.3 is 5.32 Å². The van der Waals surface area contributed by atoms with Crippen molar-refractivity contribution in [3.05, 3.63) is 63.7 Å². The fourth-order valence-corrected chi connectivity index (χ4v) is 3.76. The van der Waals surface area contributed by atoms with E-state index in [1.807, 2.05) is 18.2 Å². The van der Waals surface area contributed by atoms with Crippen molar-refractivity contribution in [3.63, 3.8) is 0 Å². The first-order chi connectivity index (χ1) is 13.9. The van der Waals surface area contributed by atoms with Gasteiger partial charge in [0, 0.05) is 17.8 Å². The highest BCUT2D eigenvalue weighted by Crippen LogP contribution is 2.21. The molecule has 1 N–H and O–H groups in total. The smallest absolute Gasteiger partial charge is 0.262 e. The fourth-order valence-electron chi connectivity index (χ4n) is 2.74. The van der Waals surface area contributed by atoms with Crippen molar-refractivity contribution in [3.8, 4) is 0 Å². The van der Waals surface area contributed by atoms with Gasteiger partial charge in [0.25, 0.3) is 5.56 Å². The van der Waals surface area contributed by atoms with E-state index in [9.17, 15) is 9.59 Å². The van der Waals surface area contributed by atoms with Crippen LogP contribution in [-0.4, -0.2) is 26.2 Å². The Morgan fingerprint density at radius 2 is 2.10 bits per heavy atom. The monoisotopic (exact) mass is 430 g/mol. The highest BCUT2D eigenvalue weighted by atomic mass is 35.5. The molecule has 0 aliphatic rings. The molecule has 0 radical (unpaired) electrons. The van der Waals surface area contributed by atoms with Crippen molar-refractivity contribution >= 4 is 40.2 Å². The van der Waals surface area contributed by atoms with Gasteiger partial charge in [0.15, 0.2) is 5.16 Å². The normalized spacial score (nSPS) is 11.2. The Balaban J connectivity index is 1.77. The third kappa shape index (κ3) is 5.81. The van der Waals surface area contributed by atoms with E-state index in [0.717, 1.165) is 12.1 Å². The van der Waals surface area contributed by atoms with Crippen LogP contribution >= 0.6 is 23.4 Å². The van der Waals surface area contributed by atoms with E-state index in [0.29, 0.717) is 40.1 Å². The molecule has 1 aromatic carbocycles. The number of carbonyl (C=O) groups is 1. The summed E-state index contributed by atoms with van der Waals surface area (Å²) >= 11 is 7.32. The molecule has 0 saturated heterocycles. The minimum absolute atomic E-state index is 0.108. The molecule has 0 aliphatic heterocycles. The number of fused-ring (bicyclic) bond motifs is 1. The highest BCUT2D eigenvalue weighted by molar-refractivity contribution is 7.99. The molecule has 0 saturated carbocycles. The molecule has 0 atom stereocenters. The topological polar surface area (TPSA) is 76.9 Å². The summed E-state index contributed by atoms with van der Waals surface area (Å²) in [5.74, 6) is 0.464. The van der Waals surface area contributed by atoms with Gasteiger partial charge in [-0.1, -0.05) is 43.3 Å². The average Bonchev–Trinajstić information content (AvgIpc) is 2.70. The molecule has 2 aromatic heterocycles. The number of thioether (sulfide) groups is 1. The molecule has 29 heavy (non-hydrogen) atoms. The predicted octanol–water partition coefficient (Wildman–Crippen LogP) is 3.90. The molecule has 0 spiro atoms. The first-order valence-electron chi connectivity index (χ1n) is 9.43. The number of carbonyl (C=O) groups excluding carboxylic acids is 1. The van der Waals surface area contributed by atoms with E-state index < -0.39 is 0 Å². The zero-order valence-electron chi connectivity index (χ0n) is 16.4. The van der Waals surface area contributed by atoms with Crippen LogP contribution in [0.5, 0.6) is 0 Å². The molecule has 3 rings (SSSR count). The van der Waals surface area contributed by atoms with Crippen molar-refractivity contribution in [2.45, 2.75) is 38.5 Å². The number of halogens is 1. The molecular formula is C21H23ClN4O2S. The fraction of sp³-hybridized carbons (Fsp3) is 0.333. The Morgan fingerprint density at radius 3 is 2.83 bits per heavy atom. The quantitative estimate of drug-likeness (QED) is 0.433.